The molecule has 1 unspecified atom stereocenters. The summed E-state index contributed by atoms with van der Waals surface area (Å²) in [4.78, 5) is 6.79. The third kappa shape index (κ3) is 2.66. The van der Waals surface area contributed by atoms with Crippen LogP contribution in [0, 0.1) is 0 Å². The molecule has 1 fully saturated rings. The zero-order valence-electron chi connectivity index (χ0n) is 11.5. The van der Waals surface area contributed by atoms with Gasteiger partial charge in [-0.25, -0.2) is 0 Å². The SMILES string of the molecule is CCC(C)(CN)c1nc(N2CCCCCC2)no1. The fraction of sp³-hybridized carbons (Fsp3) is 0.846. The zero-order chi connectivity index (χ0) is 13.0. The van der Waals surface area contributed by atoms with Gasteiger partial charge in [-0.15, -0.1) is 0 Å². The number of hydrogen-bond donors (Lipinski definition) is 1. The first kappa shape index (κ1) is 13.3. The first-order chi connectivity index (χ1) is 8.69. The fourth-order valence-electron chi connectivity index (χ4n) is 2.24. The molecule has 1 aliphatic rings. The lowest BCUT2D eigenvalue weighted by Gasteiger charge is -2.21. The molecule has 2 rings (SSSR count). The van der Waals surface area contributed by atoms with Crippen LogP contribution in [0.3, 0.4) is 0 Å². The van der Waals surface area contributed by atoms with E-state index in [9.17, 15) is 0 Å². The summed E-state index contributed by atoms with van der Waals surface area (Å²) in [6.45, 7) is 6.77. The van der Waals surface area contributed by atoms with Crippen LogP contribution in [0.5, 0.6) is 0 Å². The van der Waals surface area contributed by atoms with Gasteiger partial charge in [-0.3, -0.25) is 0 Å². The minimum Gasteiger partial charge on any atom is -0.338 e. The third-order valence-corrected chi connectivity index (χ3v) is 4.05. The first-order valence-corrected chi connectivity index (χ1v) is 6.99. The van der Waals surface area contributed by atoms with Crippen molar-refractivity contribution in [3.05, 3.63) is 5.89 Å². The maximum Gasteiger partial charge on any atom is 0.266 e. The van der Waals surface area contributed by atoms with Gasteiger partial charge in [-0.2, -0.15) is 4.98 Å². The van der Waals surface area contributed by atoms with Crippen molar-refractivity contribution in [2.45, 2.75) is 51.4 Å². The Kier molecular flexibility index (Phi) is 4.22. The molecule has 0 amide bonds. The van der Waals surface area contributed by atoms with Gasteiger partial charge in [0.15, 0.2) is 0 Å². The monoisotopic (exact) mass is 252 g/mol. The third-order valence-electron chi connectivity index (χ3n) is 4.05. The molecule has 1 aromatic rings. The average Bonchev–Trinajstić information content (AvgIpc) is 2.75. The minimum atomic E-state index is -0.197. The minimum absolute atomic E-state index is 0.197. The lowest BCUT2D eigenvalue weighted by Crippen LogP contribution is -2.31. The smallest absolute Gasteiger partial charge is 0.266 e. The van der Waals surface area contributed by atoms with Gasteiger partial charge in [0.05, 0.1) is 5.41 Å². The van der Waals surface area contributed by atoms with Crippen LogP contribution in [-0.4, -0.2) is 29.8 Å². The average molecular weight is 252 g/mol. The molecular weight excluding hydrogens is 228 g/mol. The number of hydrogen-bond acceptors (Lipinski definition) is 5. The van der Waals surface area contributed by atoms with Crippen LogP contribution in [0.25, 0.3) is 0 Å². The summed E-state index contributed by atoms with van der Waals surface area (Å²) in [5.41, 5.74) is 5.62. The van der Waals surface area contributed by atoms with E-state index in [0.29, 0.717) is 12.4 Å². The fourth-order valence-corrected chi connectivity index (χ4v) is 2.24. The van der Waals surface area contributed by atoms with Crippen molar-refractivity contribution in [3.8, 4) is 0 Å². The van der Waals surface area contributed by atoms with Crippen LogP contribution < -0.4 is 10.6 Å². The second-order valence-corrected chi connectivity index (χ2v) is 5.42. The highest BCUT2D eigenvalue weighted by Crippen LogP contribution is 2.26. The van der Waals surface area contributed by atoms with E-state index in [1.165, 1.54) is 25.7 Å². The molecule has 1 saturated heterocycles. The van der Waals surface area contributed by atoms with Gasteiger partial charge in [-0.05, 0) is 31.3 Å². The Hall–Kier alpha value is -1.10. The molecule has 1 aliphatic heterocycles. The number of nitrogens with zero attached hydrogens (tertiary/aromatic N) is 3. The summed E-state index contributed by atoms with van der Waals surface area (Å²) in [6.07, 6.45) is 5.94. The van der Waals surface area contributed by atoms with Crippen molar-refractivity contribution in [3.63, 3.8) is 0 Å². The van der Waals surface area contributed by atoms with Crippen molar-refractivity contribution in [1.29, 1.82) is 0 Å². The molecule has 0 radical (unpaired) electrons. The molecule has 18 heavy (non-hydrogen) atoms. The molecule has 2 N–H and O–H groups in total. The molecule has 2 heterocycles. The highest BCUT2D eigenvalue weighted by molar-refractivity contribution is 5.28. The summed E-state index contributed by atoms with van der Waals surface area (Å²) in [7, 11) is 0. The highest BCUT2D eigenvalue weighted by Gasteiger charge is 2.30. The molecule has 0 bridgehead atoms. The van der Waals surface area contributed by atoms with Crippen LogP contribution in [-0.2, 0) is 5.41 Å². The van der Waals surface area contributed by atoms with E-state index in [-0.39, 0.29) is 5.41 Å². The molecular formula is C13H24N4O. The van der Waals surface area contributed by atoms with Gasteiger partial charge in [0.25, 0.3) is 5.95 Å². The van der Waals surface area contributed by atoms with Crippen LogP contribution >= 0.6 is 0 Å². The Morgan fingerprint density at radius 3 is 2.50 bits per heavy atom. The van der Waals surface area contributed by atoms with Crippen molar-refractivity contribution in [1.82, 2.24) is 10.1 Å². The van der Waals surface area contributed by atoms with Crippen molar-refractivity contribution in [2.24, 2.45) is 5.73 Å². The predicted octanol–water partition coefficient (Wildman–Crippen LogP) is 2.08. The second kappa shape index (κ2) is 5.69. The quantitative estimate of drug-likeness (QED) is 0.888. The molecule has 0 aromatic carbocycles. The van der Waals surface area contributed by atoms with E-state index in [1.807, 2.05) is 0 Å². The summed E-state index contributed by atoms with van der Waals surface area (Å²) in [6, 6.07) is 0. The molecule has 1 aromatic heterocycles. The van der Waals surface area contributed by atoms with Crippen LogP contribution in [0.4, 0.5) is 5.95 Å². The molecule has 0 aliphatic carbocycles. The van der Waals surface area contributed by atoms with Gasteiger partial charge in [-0.1, -0.05) is 19.8 Å². The van der Waals surface area contributed by atoms with Crippen LogP contribution in [0.2, 0.25) is 0 Å². The van der Waals surface area contributed by atoms with E-state index in [4.69, 9.17) is 10.3 Å². The van der Waals surface area contributed by atoms with Crippen LogP contribution in [0.15, 0.2) is 4.52 Å². The lowest BCUT2D eigenvalue weighted by molar-refractivity contribution is 0.290. The summed E-state index contributed by atoms with van der Waals surface area (Å²) in [5.74, 6) is 1.41. The Morgan fingerprint density at radius 2 is 1.94 bits per heavy atom. The highest BCUT2D eigenvalue weighted by atomic mass is 16.5. The van der Waals surface area contributed by atoms with Crippen molar-refractivity contribution >= 4 is 5.95 Å². The Bertz CT molecular complexity index is 365. The van der Waals surface area contributed by atoms with Gasteiger partial charge in [0.2, 0.25) is 5.89 Å². The van der Waals surface area contributed by atoms with Gasteiger partial charge in [0.1, 0.15) is 0 Å². The van der Waals surface area contributed by atoms with E-state index < -0.39 is 0 Å². The number of rotatable bonds is 4. The Labute approximate surface area is 109 Å². The molecule has 5 nitrogen and oxygen atoms in total. The summed E-state index contributed by atoms with van der Waals surface area (Å²) >= 11 is 0. The normalized spacial score (nSPS) is 20.5. The molecule has 5 heteroatoms. The molecule has 0 spiro atoms. The van der Waals surface area contributed by atoms with E-state index >= 15 is 0 Å². The van der Waals surface area contributed by atoms with Crippen molar-refractivity contribution in [2.75, 3.05) is 24.5 Å². The topological polar surface area (TPSA) is 68.2 Å². The number of aromatic nitrogens is 2. The maximum absolute atomic E-state index is 5.82. The van der Waals surface area contributed by atoms with Gasteiger partial charge < -0.3 is 15.2 Å². The largest absolute Gasteiger partial charge is 0.338 e. The standard InChI is InChI=1S/C13H24N4O/c1-3-13(2,10-14)11-15-12(16-18-11)17-8-6-4-5-7-9-17/h3-10,14H2,1-2H3. The predicted molar refractivity (Wildman–Crippen MR) is 71.7 cm³/mol. The zero-order valence-corrected chi connectivity index (χ0v) is 11.5. The van der Waals surface area contributed by atoms with E-state index in [2.05, 4.69) is 28.9 Å². The molecule has 1 atom stereocenters. The van der Waals surface area contributed by atoms with Crippen molar-refractivity contribution < 1.29 is 4.52 Å². The van der Waals surface area contributed by atoms with E-state index in [0.717, 1.165) is 25.5 Å². The maximum atomic E-state index is 5.82. The Balaban J connectivity index is 2.13. The lowest BCUT2D eigenvalue weighted by atomic mass is 9.88. The molecule has 0 saturated carbocycles. The van der Waals surface area contributed by atoms with Gasteiger partial charge >= 0.3 is 0 Å². The summed E-state index contributed by atoms with van der Waals surface area (Å²) in [5, 5.41) is 4.13. The summed E-state index contributed by atoms with van der Waals surface area (Å²) < 4.78 is 5.42. The number of anilines is 1. The van der Waals surface area contributed by atoms with Gasteiger partial charge in [0, 0.05) is 19.6 Å². The van der Waals surface area contributed by atoms with Crippen LogP contribution in [0.1, 0.15) is 51.8 Å². The van der Waals surface area contributed by atoms with E-state index in [1.54, 1.807) is 0 Å². The molecule has 102 valence electrons. The number of nitrogens with two attached hydrogens (primary N) is 1. The first-order valence-electron chi connectivity index (χ1n) is 6.99. The second-order valence-electron chi connectivity index (χ2n) is 5.42. The Morgan fingerprint density at radius 1 is 1.28 bits per heavy atom.